The summed E-state index contributed by atoms with van der Waals surface area (Å²) in [6.07, 6.45) is 4.10. The SMILES string of the molecule is COc1cc2c(cc1OCCCN1CCOCC1)C=Nc1c(Nc3ccc(Br)cc3)ncnc1O2. The summed E-state index contributed by atoms with van der Waals surface area (Å²) in [4.78, 5) is 15.7. The molecule has 0 bridgehead atoms. The monoisotopic (exact) mass is 539 g/mol. The highest BCUT2D eigenvalue weighted by Gasteiger charge is 2.20. The van der Waals surface area contributed by atoms with E-state index >= 15 is 0 Å². The average Bonchev–Trinajstić information content (AvgIpc) is 3.07. The van der Waals surface area contributed by atoms with Crippen LogP contribution in [-0.4, -0.2) is 67.6 Å². The lowest BCUT2D eigenvalue weighted by atomic mass is 10.2. The van der Waals surface area contributed by atoms with Gasteiger partial charge < -0.3 is 24.3 Å². The number of benzene rings is 2. The molecule has 0 atom stereocenters. The molecule has 1 fully saturated rings. The second kappa shape index (κ2) is 11.0. The number of hydrogen-bond acceptors (Lipinski definition) is 9. The Kier molecular flexibility index (Phi) is 7.41. The quantitative estimate of drug-likeness (QED) is 0.314. The summed E-state index contributed by atoms with van der Waals surface area (Å²) >= 11 is 3.45. The second-order valence-corrected chi connectivity index (χ2v) is 8.98. The highest BCUT2D eigenvalue weighted by molar-refractivity contribution is 9.10. The summed E-state index contributed by atoms with van der Waals surface area (Å²) in [5.74, 6) is 2.73. The zero-order valence-corrected chi connectivity index (χ0v) is 21.0. The molecule has 0 spiro atoms. The molecule has 0 saturated carbocycles. The van der Waals surface area contributed by atoms with Gasteiger partial charge in [-0.1, -0.05) is 15.9 Å². The maximum Gasteiger partial charge on any atom is 0.250 e. The number of anilines is 2. The molecule has 1 saturated heterocycles. The number of halogens is 1. The summed E-state index contributed by atoms with van der Waals surface area (Å²) in [6, 6.07) is 11.5. The van der Waals surface area contributed by atoms with E-state index in [1.807, 2.05) is 30.3 Å². The van der Waals surface area contributed by atoms with Crippen molar-refractivity contribution in [3.8, 4) is 23.1 Å². The number of nitrogens with zero attached hydrogens (tertiary/aromatic N) is 4. The fourth-order valence-corrected chi connectivity index (χ4v) is 4.13. The average molecular weight is 540 g/mol. The van der Waals surface area contributed by atoms with E-state index in [2.05, 4.69) is 41.1 Å². The maximum atomic E-state index is 6.12. The van der Waals surface area contributed by atoms with E-state index in [9.17, 15) is 0 Å². The molecule has 1 N–H and O–H groups in total. The van der Waals surface area contributed by atoms with Crippen LogP contribution in [-0.2, 0) is 4.74 Å². The smallest absolute Gasteiger partial charge is 0.250 e. The van der Waals surface area contributed by atoms with Gasteiger partial charge in [0.1, 0.15) is 12.1 Å². The van der Waals surface area contributed by atoms with Gasteiger partial charge in [-0.15, -0.1) is 0 Å². The van der Waals surface area contributed by atoms with Crippen LogP contribution in [0.15, 0.2) is 52.2 Å². The lowest BCUT2D eigenvalue weighted by Gasteiger charge is -2.26. The lowest BCUT2D eigenvalue weighted by Crippen LogP contribution is -2.37. The Morgan fingerprint density at radius 1 is 1.09 bits per heavy atom. The summed E-state index contributed by atoms with van der Waals surface area (Å²) in [5, 5.41) is 3.28. The van der Waals surface area contributed by atoms with Crippen molar-refractivity contribution in [2.75, 3.05) is 51.9 Å². The molecule has 0 unspecified atom stereocenters. The number of morpholine rings is 1. The van der Waals surface area contributed by atoms with E-state index in [1.54, 1.807) is 19.4 Å². The number of rotatable bonds is 8. The van der Waals surface area contributed by atoms with E-state index in [0.717, 1.165) is 55.0 Å². The third-order valence-corrected chi connectivity index (χ3v) is 6.24. The van der Waals surface area contributed by atoms with Gasteiger partial charge in [0.2, 0.25) is 0 Å². The first kappa shape index (κ1) is 23.5. The van der Waals surface area contributed by atoms with E-state index < -0.39 is 0 Å². The Morgan fingerprint density at radius 3 is 2.71 bits per heavy atom. The first-order chi connectivity index (χ1) is 17.2. The van der Waals surface area contributed by atoms with Crippen molar-refractivity contribution in [1.29, 1.82) is 0 Å². The Morgan fingerprint density at radius 2 is 1.91 bits per heavy atom. The molecule has 5 rings (SSSR count). The normalized spacial score (nSPS) is 14.9. The van der Waals surface area contributed by atoms with Crippen molar-refractivity contribution in [3.63, 3.8) is 0 Å². The first-order valence-electron chi connectivity index (χ1n) is 11.4. The van der Waals surface area contributed by atoms with Gasteiger partial charge in [-0.25, -0.2) is 9.98 Å². The van der Waals surface area contributed by atoms with Crippen molar-refractivity contribution in [2.24, 2.45) is 4.99 Å². The molecule has 1 aromatic heterocycles. The van der Waals surface area contributed by atoms with E-state index in [4.69, 9.17) is 18.9 Å². The lowest BCUT2D eigenvalue weighted by molar-refractivity contribution is 0.0357. The molecule has 2 aliphatic rings. The van der Waals surface area contributed by atoms with Crippen LogP contribution >= 0.6 is 15.9 Å². The summed E-state index contributed by atoms with van der Waals surface area (Å²) < 4.78 is 24.2. The van der Waals surface area contributed by atoms with Gasteiger partial charge in [0.25, 0.3) is 5.88 Å². The number of nitrogens with one attached hydrogen (secondary N) is 1. The van der Waals surface area contributed by atoms with Crippen LogP contribution in [0.5, 0.6) is 23.1 Å². The van der Waals surface area contributed by atoms with Crippen LogP contribution in [0.25, 0.3) is 0 Å². The minimum atomic E-state index is 0.357. The third kappa shape index (κ3) is 5.72. The molecule has 2 aromatic carbocycles. The topological polar surface area (TPSA) is 90.3 Å². The maximum absolute atomic E-state index is 6.12. The van der Waals surface area contributed by atoms with Crippen LogP contribution in [0.4, 0.5) is 17.2 Å². The number of fused-ring (bicyclic) bond motifs is 2. The molecule has 10 heteroatoms. The van der Waals surface area contributed by atoms with Crippen LogP contribution in [0.1, 0.15) is 12.0 Å². The van der Waals surface area contributed by atoms with Crippen molar-refractivity contribution >= 4 is 39.3 Å². The predicted molar refractivity (Wildman–Crippen MR) is 137 cm³/mol. The van der Waals surface area contributed by atoms with E-state index in [1.165, 1.54) is 6.33 Å². The van der Waals surface area contributed by atoms with Gasteiger partial charge in [-0.2, -0.15) is 4.98 Å². The van der Waals surface area contributed by atoms with Gasteiger partial charge in [-0.3, -0.25) is 4.90 Å². The van der Waals surface area contributed by atoms with Crippen molar-refractivity contribution in [1.82, 2.24) is 14.9 Å². The molecule has 0 amide bonds. The molecular formula is C25H26BrN5O4. The molecular weight excluding hydrogens is 514 g/mol. The standard InChI is InChI=1S/C25H26BrN5O4/c1-32-21-14-20-17(13-22(21)34-10-2-7-31-8-11-33-12-9-31)15-27-23-24(28-16-29-25(23)35-20)30-19-5-3-18(26)4-6-19/h3-6,13-16H,2,7-12H2,1H3,(H,28,29,30). The molecule has 2 aliphatic heterocycles. The zero-order valence-electron chi connectivity index (χ0n) is 19.4. The van der Waals surface area contributed by atoms with Crippen LogP contribution < -0.4 is 19.5 Å². The Bertz CT molecular complexity index is 1200. The van der Waals surface area contributed by atoms with Crippen LogP contribution in [0, 0.1) is 0 Å². The number of aromatic nitrogens is 2. The van der Waals surface area contributed by atoms with Gasteiger partial charge in [0.15, 0.2) is 23.0 Å². The van der Waals surface area contributed by atoms with Crippen molar-refractivity contribution in [2.45, 2.75) is 6.42 Å². The predicted octanol–water partition coefficient (Wildman–Crippen LogP) is 4.95. The van der Waals surface area contributed by atoms with E-state index in [0.29, 0.717) is 41.2 Å². The minimum Gasteiger partial charge on any atom is -0.493 e. The second-order valence-electron chi connectivity index (χ2n) is 8.07. The minimum absolute atomic E-state index is 0.357. The van der Waals surface area contributed by atoms with Crippen molar-refractivity contribution in [3.05, 3.63) is 52.8 Å². The molecule has 0 aliphatic carbocycles. The van der Waals surface area contributed by atoms with Crippen molar-refractivity contribution < 1.29 is 18.9 Å². The molecule has 35 heavy (non-hydrogen) atoms. The number of methoxy groups -OCH3 is 1. The van der Waals surface area contributed by atoms with Gasteiger partial charge in [-0.05, 0) is 36.8 Å². The fraction of sp³-hybridized carbons (Fsp3) is 0.320. The molecule has 3 aromatic rings. The number of ether oxygens (including phenoxy) is 4. The Balaban J connectivity index is 1.32. The number of hydrogen-bond donors (Lipinski definition) is 1. The number of aliphatic imine (C=N–C) groups is 1. The molecule has 9 nitrogen and oxygen atoms in total. The summed E-state index contributed by atoms with van der Waals surface area (Å²) in [6.45, 7) is 5.09. The molecule has 3 heterocycles. The van der Waals surface area contributed by atoms with Gasteiger partial charge in [0.05, 0.1) is 26.9 Å². The highest BCUT2D eigenvalue weighted by atomic mass is 79.9. The third-order valence-electron chi connectivity index (χ3n) is 5.71. The first-order valence-corrected chi connectivity index (χ1v) is 12.2. The summed E-state index contributed by atoms with van der Waals surface area (Å²) in [7, 11) is 1.61. The van der Waals surface area contributed by atoms with Crippen LogP contribution in [0.3, 0.4) is 0 Å². The zero-order chi connectivity index (χ0) is 24.0. The Labute approximate surface area is 212 Å². The highest BCUT2D eigenvalue weighted by Crippen LogP contribution is 2.42. The Hall–Kier alpha value is -3.21. The fourth-order valence-electron chi connectivity index (χ4n) is 3.87. The summed E-state index contributed by atoms with van der Waals surface area (Å²) in [5.41, 5.74) is 2.15. The van der Waals surface area contributed by atoms with Gasteiger partial charge in [0, 0.05) is 47.6 Å². The molecule has 182 valence electrons. The molecule has 0 radical (unpaired) electrons. The van der Waals surface area contributed by atoms with Crippen LogP contribution in [0.2, 0.25) is 0 Å². The van der Waals surface area contributed by atoms with Gasteiger partial charge >= 0.3 is 0 Å². The largest absolute Gasteiger partial charge is 0.493 e. The van der Waals surface area contributed by atoms with E-state index in [-0.39, 0.29) is 0 Å².